The van der Waals surface area contributed by atoms with Crippen LogP contribution in [0.15, 0.2) is 115 Å². The van der Waals surface area contributed by atoms with E-state index < -0.39 is 0 Å². The first kappa shape index (κ1) is 26.6. The van der Waals surface area contributed by atoms with Crippen LogP contribution >= 0.6 is 11.3 Å². The smallest absolute Gasteiger partial charge is 0.410 e. The molecule has 0 atom stereocenters. The Morgan fingerprint density at radius 1 is 0.718 bits per heavy atom. The van der Waals surface area contributed by atoms with Crippen molar-refractivity contribution in [1.29, 1.82) is 0 Å². The Bertz CT molecular complexity index is 1440. The third-order valence-electron chi connectivity index (χ3n) is 6.66. The molecule has 1 heterocycles. The molecule has 0 saturated carbocycles. The van der Waals surface area contributed by atoms with E-state index in [1.54, 1.807) is 21.7 Å². The van der Waals surface area contributed by atoms with E-state index in [4.69, 9.17) is 4.74 Å². The van der Waals surface area contributed by atoms with Gasteiger partial charge in [-0.1, -0.05) is 97.1 Å². The van der Waals surface area contributed by atoms with Crippen LogP contribution in [0.2, 0.25) is 0 Å². The van der Waals surface area contributed by atoms with E-state index in [-0.39, 0.29) is 12.7 Å². The van der Waals surface area contributed by atoms with Gasteiger partial charge in [0.2, 0.25) is 0 Å². The van der Waals surface area contributed by atoms with Gasteiger partial charge in [-0.3, -0.25) is 9.88 Å². The summed E-state index contributed by atoms with van der Waals surface area (Å²) in [7, 11) is 0. The highest BCUT2D eigenvalue weighted by Gasteiger charge is 2.17. The molecule has 0 saturated heterocycles. The van der Waals surface area contributed by atoms with Gasteiger partial charge in [0.05, 0.1) is 12.1 Å². The van der Waals surface area contributed by atoms with Crippen LogP contribution in [0, 0.1) is 0 Å². The number of carbonyl (C=O) groups is 1. The van der Waals surface area contributed by atoms with Crippen LogP contribution in [0.4, 0.5) is 4.79 Å². The van der Waals surface area contributed by atoms with E-state index in [1.807, 2.05) is 36.5 Å². The van der Waals surface area contributed by atoms with Gasteiger partial charge in [-0.2, -0.15) is 0 Å². The number of amides is 1. The van der Waals surface area contributed by atoms with Crippen LogP contribution in [0.5, 0.6) is 0 Å². The van der Waals surface area contributed by atoms with E-state index >= 15 is 0 Å². The quantitative estimate of drug-likeness (QED) is 0.166. The van der Waals surface area contributed by atoms with Crippen LogP contribution in [0.25, 0.3) is 10.8 Å². The first-order valence-electron chi connectivity index (χ1n) is 13.3. The number of hydrogen-bond donors (Lipinski definition) is 0. The minimum Gasteiger partial charge on any atom is -0.445 e. The Labute approximate surface area is 234 Å². The van der Waals surface area contributed by atoms with E-state index in [1.165, 1.54) is 21.9 Å². The molecule has 0 aliphatic carbocycles. The molecule has 0 radical (unpaired) electrons. The predicted molar refractivity (Wildman–Crippen MR) is 158 cm³/mol. The van der Waals surface area contributed by atoms with E-state index in [2.05, 4.69) is 82.7 Å². The number of nitrogens with zero attached hydrogens (tertiary/aromatic N) is 3. The Morgan fingerprint density at radius 3 is 2.15 bits per heavy atom. The summed E-state index contributed by atoms with van der Waals surface area (Å²) in [4.78, 5) is 22.6. The van der Waals surface area contributed by atoms with Gasteiger partial charge in [-0.15, -0.1) is 11.3 Å². The molecule has 5 rings (SSSR count). The molecule has 0 spiro atoms. The Kier molecular flexibility index (Phi) is 9.34. The highest BCUT2D eigenvalue weighted by atomic mass is 32.1. The van der Waals surface area contributed by atoms with Gasteiger partial charge < -0.3 is 9.64 Å². The number of benzene rings is 4. The van der Waals surface area contributed by atoms with Crippen molar-refractivity contribution in [2.75, 3.05) is 13.1 Å². The Balaban J connectivity index is 1.25. The Morgan fingerprint density at radius 2 is 1.41 bits per heavy atom. The van der Waals surface area contributed by atoms with Crippen molar-refractivity contribution < 1.29 is 9.53 Å². The lowest BCUT2D eigenvalue weighted by molar-refractivity contribution is 0.0916. The third kappa shape index (κ3) is 7.99. The standard InChI is InChI=1S/C33H33N3O2S/c37-33(38-25-28-12-5-2-6-13-28)36(24-32-21-34-26-39-32)19-9-18-35(22-27-10-3-1-4-11-27)23-29-16-17-30-14-7-8-15-31(30)20-29/h1-8,10-17,20-21,26H,9,18-19,22-25H2. The summed E-state index contributed by atoms with van der Waals surface area (Å²) in [5, 5.41) is 2.51. The van der Waals surface area contributed by atoms with Crippen LogP contribution in [-0.2, 0) is 31.0 Å². The molecular weight excluding hydrogens is 502 g/mol. The summed E-state index contributed by atoms with van der Waals surface area (Å²) >= 11 is 1.56. The van der Waals surface area contributed by atoms with Gasteiger partial charge in [0, 0.05) is 37.3 Å². The molecule has 0 bridgehead atoms. The van der Waals surface area contributed by atoms with Gasteiger partial charge in [0.1, 0.15) is 6.61 Å². The molecule has 198 valence electrons. The second kappa shape index (κ2) is 13.7. The highest BCUT2D eigenvalue weighted by Crippen LogP contribution is 2.19. The lowest BCUT2D eigenvalue weighted by atomic mass is 10.1. The first-order chi connectivity index (χ1) is 19.2. The van der Waals surface area contributed by atoms with E-state index in [0.29, 0.717) is 13.1 Å². The van der Waals surface area contributed by atoms with Crippen LogP contribution in [0.1, 0.15) is 28.0 Å². The van der Waals surface area contributed by atoms with Crippen molar-refractivity contribution in [1.82, 2.24) is 14.8 Å². The molecule has 0 fully saturated rings. The normalized spacial score (nSPS) is 11.1. The summed E-state index contributed by atoms with van der Waals surface area (Å²) < 4.78 is 5.69. The van der Waals surface area contributed by atoms with Crippen LogP contribution < -0.4 is 0 Å². The molecular formula is C33H33N3O2S. The molecule has 6 heteroatoms. The molecule has 1 aromatic heterocycles. The summed E-state index contributed by atoms with van der Waals surface area (Å²) in [6.45, 7) is 3.91. The summed E-state index contributed by atoms with van der Waals surface area (Å²) in [5.41, 5.74) is 5.34. The zero-order valence-electron chi connectivity index (χ0n) is 22.0. The number of hydrogen-bond acceptors (Lipinski definition) is 5. The molecule has 0 N–H and O–H groups in total. The van der Waals surface area contributed by atoms with Crippen molar-refractivity contribution in [3.8, 4) is 0 Å². The zero-order valence-corrected chi connectivity index (χ0v) is 22.8. The fourth-order valence-corrected chi connectivity index (χ4v) is 5.30. The highest BCUT2D eigenvalue weighted by molar-refractivity contribution is 7.09. The van der Waals surface area contributed by atoms with Gasteiger partial charge in [0.15, 0.2) is 0 Å². The van der Waals surface area contributed by atoms with Crippen molar-refractivity contribution in [2.45, 2.75) is 32.7 Å². The van der Waals surface area contributed by atoms with Gasteiger partial charge in [-0.05, 0) is 39.9 Å². The van der Waals surface area contributed by atoms with Crippen LogP contribution in [0.3, 0.4) is 0 Å². The van der Waals surface area contributed by atoms with E-state index in [9.17, 15) is 4.79 Å². The lowest BCUT2D eigenvalue weighted by Crippen LogP contribution is -2.34. The fraction of sp³-hybridized carbons (Fsp3) is 0.212. The van der Waals surface area contributed by atoms with Crippen molar-refractivity contribution >= 4 is 28.2 Å². The average molecular weight is 536 g/mol. The molecule has 0 unspecified atom stereocenters. The average Bonchev–Trinajstić information content (AvgIpc) is 3.50. The number of carbonyl (C=O) groups excluding carboxylic acids is 1. The van der Waals surface area contributed by atoms with Crippen LogP contribution in [-0.4, -0.2) is 34.0 Å². The van der Waals surface area contributed by atoms with Gasteiger partial charge in [0.25, 0.3) is 0 Å². The maximum absolute atomic E-state index is 13.1. The number of rotatable bonds is 12. The summed E-state index contributed by atoms with van der Waals surface area (Å²) in [6, 6.07) is 35.5. The second-order valence-corrected chi connectivity index (χ2v) is 10.6. The summed E-state index contributed by atoms with van der Waals surface area (Å²) in [5.74, 6) is 0. The zero-order chi connectivity index (χ0) is 26.7. The van der Waals surface area contributed by atoms with Gasteiger partial charge in [-0.25, -0.2) is 4.79 Å². The maximum atomic E-state index is 13.1. The molecule has 4 aromatic carbocycles. The number of aromatic nitrogens is 1. The topological polar surface area (TPSA) is 45.7 Å². The van der Waals surface area contributed by atoms with Crippen molar-refractivity contribution in [3.05, 3.63) is 136 Å². The predicted octanol–water partition coefficient (Wildman–Crippen LogP) is 7.53. The summed E-state index contributed by atoms with van der Waals surface area (Å²) in [6.07, 6.45) is 2.36. The Hall–Kier alpha value is -4.00. The molecule has 0 aliphatic rings. The molecule has 5 aromatic rings. The molecule has 0 aliphatic heterocycles. The first-order valence-corrected chi connectivity index (χ1v) is 14.2. The number of thiazole rings is 1. The third-order valence-corrected chi connectivity index (χ3v) is 7.43. The van der Waals surface area contributed by atoms with Crippen molar-refractivity contribution in [3.63, 3.8) is 0 Å². The molecule has 39 heavy (non-hydrogen) atoms. The van der Waals surface area contributed by atoms with Crippen molar-refractivity contribution in [2.24, 2.45) is 0 Å². The fourth-order valence-electron chi connectivity index (χ4n) is 4.69. The molecule has 5 nitrogen and oxygen atoms in total. The monoisotopic (exact) mass is 535 g/mol. The SMILES string of the molecule is O=C(OCc1ccccc1)N(CCCN(Cc1ccccc1)Cc1ccc2ccccc2c1)Cc1cncs1. The molecule has 1 amide bonds. The number of fused-ring (bicyclic) bond motifs is 1. The van der Waals surface area contributed by atoms with Gasteiger partial charge >= 0.3 is 6.09 Å². The lowest BCUT2D eigenvalue weighted by Gasteiger charge is -2.26. The minimum absolute atomic E-state index is 0.265. The van der Waals surface area contributed by atoms with E-state index in [0.717, 1.165) is 36.5 Å². The second-order valence-electron chi connectivity index (χ2n) is 9.66. The minimum atomic E-state index is -0.295. The number of ether oxygens (including phenoxy) is 1. The largest absolute Gasteiger partial charge is 0.445 e. The maximum Gasteiger partial charge on any atom is 0.410 e.